The Hall–Kier alpha value is -2.95. The topological polar surface area (TPSA) is 68.0 Å². The zero-order valence-corrected chi connectivity index (χ0v) is 13.7. The van der Waals surface area contributed by atoms with Crippen LogP contribution in [-0.4, -0.2) is 16.0 Å². The van der Waals surface area contributed by atoms with Crippen molar-refractivity contribution in [3.8, 4) is 11.4 Å². The Morgan fingerprint density at radius 3 is 2.62 bits per heavy atom. The molecule has 3 rings (SSSR count). The lowest BCUT2D eigenvalue weighted by Crippen LogP contribution is -2.22. The third-order valence-corrected chi connectivity index (χ3v) is 3.71. The summed E-state index contributed by atoms with van der Waals surface area (Å²) in [5.74, 6) is 1.04. The Morgan fingerprint density at radius 1 is 1.17 bits per heavy atom. The second-order valence-electron chi connectivity index (χ2n) is 5.61. The van der Waals surface area contributed by atoms with Crippen molar-refractivity contribution >= 4 is 5.91 Å². The molecule has 0 aliphatic carbocycles. The standard InChI is InChI=1S/C19H19N3O2/c1-3-17-21-18(22-24-17)15-7-9-16(10-8-15)19(23)20-12-14-6-4-5-13(2)11-14/h4-11H,3,12H2,1-2H3,(H,20,23). The molecule has 0 atom stereocenters. The molecular weight excluding hydrogens is 302 g/mol. The molecule has 0 saturated carbocycles. The third-order valence-electron chi connectivity index (χ3n) is 3.71. The monoisotopic (exact) mass is 321 g/mol. The van der Waals surface area contributed by atoms with Crippen molar-refractivity contribution in [3.63, 3.8) is 0 Å². The predicted molar refractivity (Wildman–Crippen MR) is 91.5 cm³/mol. The number of nitrogens with zero attached hydrogens (tertiary/aromatic N) is 2. The number of hydrogen-bond donors (Lipinski definition) is 1. The number of aryl methyl sites for hydroxylation is 2. The first-order valence-corrected chi connectivity index (χ1v) is 7.92. The van der Waals surface area contributed by atoms with E-state index in [4.69, 9.17) is 4.52 Å². The molecule has 0 aliphatic rings. The smallest absolute Gasteiger partial charge is 0.251 e. The molecule has 1 heterocycles. The first-order valence-electron chi connectivity index (χ1n) is 7.92. The Bertz CT molecular complexity index is 838. The Morgan fingerprint density at radius 2 is 1.96 bits per heavy atom. The molecule has 122 valence electrons. The molecule has 24 heavy (non-hydrogen) atoms. The van der Waals surface area contributed by atoms with Gasteiger partial charge in [-0.1, -0.05) is 54.0 Å². The summed E-state index contributed by atoms with van der Waals surface area (Å²) in [6.45, 7) is 4.50. The van der Waals surface area contributed by atoms with Crippen LogP contribution in [-0.2, 0) is 13.0 Å². The second kappa shape index (κ2) is 7.08. The maximum atomic E-state index is 12.2. The van der Waals surface area contributed by atoms with Crippen LogP contribution >= 0.6 is 0 Å². The molecule has 1 amide bonds. The van der Waals surface area contributed by atoms with Crippen LogP contribution in [0.4, 0.5) is 0 Å². The van der Waals surface area contributed by atoms with Gasteiger partial charge in [-0.3, -0.25) is 4.79 Å². The Labute approximate surface area is 140 Å². The van der Waals surface area contributed by atoms with E-state index in [1.807, 2.05) is 44.2 Å². The van der Waals surface area contributed by atoms with Crippen molar-refractivity contribution in [1.82, 2.24) is 15.5 Å². The highest BCUT2D eigenvalue weighted by molar-refractivity contribution is 5.94. The normalized spacial score (nSPS) is 10.6. The van der Waals surface area contributed by atoms with Gasteiger partial charge in [-0.15, -0.1) is 0 Å². The van der Waals surface area contributed by atoms with Crippen LogP contribution in [0.3, 0.4) is 0 Å². The third kappa shape index (κ3) is 3.68. The van der Waals surface area contributed by atoms with Gasteiger partial charge < -0.3 is 9.84 Å². The predicted octanol–water partition coefficient (Wildman–Crippen LogP) is 3.54. The van der Waals surface area contributed by atoms with Gasteiger partial charge in [0.15, 0.2) is 0 Å². The lowest BCUT2D eigenvalue weighted by Gasteiger charge is -2.06. The number of benzene rings is 2. The zero-order chi connectivity index (χ0) is 16.9. The van der Waals surface area contributed by atoms with Gasteiger partial charge in [0, 0.05) is 24.1 Å². The summed E-state index contributed by atoms with van der Waals surface area (Å²) in [4.78, 5) is 16.5. The SMILES string of the molecule is CCc1nc(-c2ccc(C(=O)NCc3cccc(C)c3)cc2)no1. The molecule has 0 fully saturated rings. The van der Waals surface area contributed by atoms with E-state index in [0.29, 0.717) is 30.2 Å². The largest absolute Gasteiger partial charge is 0.348 e. The van der Waals surface area contributed by atoms with Gasteiger partial charge in [0.05, 0.1) is 0 Å². The summed E-state index contributed by atoms with van der Waals surface area (Å²) in [7, 11) is 0. The average molecular weight is 321 g/mol. The van der Waals surface area contributed by atoms with E-state index in [9.17, 15) is 4.79 Å². The van der Waals surface area contributed by atoms with Crippen molar-refractivity contribution < 1.29 is 9.32 Å². The summed E-state index contributed by atoms with van der Waals surface area (Å²) in [5.41, 5.74) is 3.69. The van der Waals surface area contributed by atoms with Gasteiger partial charge in [-0.05, 0) is 24.6 Å². The molecule has 0 radical (unpaired) electrons. The van der Waals surface area contributed by atoms with Gasteiger partial charge in [-0.2, -0.15) is 4.98 Å². The van der Waals surface area contributed by atoms with E-state index in [0.717, 1.165) is 11.1 Å². The summed E-state index contributed by atoms with van der Waals surface area (Å²) in [6.07, 6.45) is 0.701. The van der Waals surface area contributed by atoms with Gasteiger partial charge in [0.2, 0.25) is 11.7 Å². The van der Waals surface area contributed by atoms with Crippen molar-refractivity contribution in [2.75, 3.05) is 0 Å². The van der Waals surface area contributed by atoms with Crippen molar-refractivity contribution in [2.24, 2.45) is 0 Å². The van der Waals surface area contributed by atoms with Crippen LogP contribution in [0, 0.1) is 6.92 Å². The molecular formula is C19H19N3O2. The minimum absolute atomic E-state index is 0.106. The summed E-state index contributed by atoms with van der Waals surface area (Å²) < 4.78 is 5.10. The number of rotatable bonds is 5. The first kappa shape index (κ1) is 15.9. The highest BCUT2D eigenvalue weighted by atomic mass is 16.5. The number of aromatic nitrogens is 2. The maximum absolute atomic E-state index is 12.2. The van der Waals surface area contributed by atoms with E-state index in [-0.39, 0.29) is 5.91 Å². The molecule has 0 spiro atoms. The van der Waals surface area contributed by atoms with Crippen LogP contribution in [0.5, 0.6) is 0 Å². The first-order chi connectivity index (χ1) is 11.7. The van der Waals surface area contributed by atoms with Gasteiger partial charge >= 0.3 is 0 Å². The van der Waals surface area contributed by atoms with Gasteiger partial charge in [-0.25, -0.2) is 0 Å². The summed E-state index contributed by atoms with van der Waals surface area (Å²) >= 11 is 0. The molecule has 0 aliphatic heterocycles. The second-order valence-corrected chi connectivity index (χ2v) is 5.61. The molecule has 1 aromatic heterocycles. The number of nitrogens with one attached hydrogen (secondary N) is 1. The van der Waals surface area contributed by atoms with Crippen LogP contribution in [0.1, 0.15) is 34.3 Å². The summed E-state index contributed by atoms with van der Waals surface area (Å²) in [5, 5.41) is 6.86. The molecule has 0 unspecified atom stereocenters. The van der Waals surface area contributed by atoms with Gasteiger partial charge in [0.1, 0.15) is 0 Å². The Balaban J connectivity index is 1.65. The molecule has 5 nitrogen and oxygen atoms in total. The highest BCUT2D eigenvalue weighted by Crippen LogP contribution is 2.17. The lowest BCUT2D eigenvalue weighted by molar-refractivity contribution is 0.0951. The zero-order valence-electron chi connectivity index (χ0n) is 13.7. The maximum Gasteiger partial charge on any atom is 0.251 e. The summed E-state index contributed by atoms with van der Waals surface area (Å²) in [6, 6.07) is 15.3. The fourth-order valence-electron chi connectivity index (χ4n) is 2.39. The molecule has 0 bridgehead atoms. The number of carbonyl (C=O) groups is 1. The van der Waals surface area contributed by atoms with E-state index in [1.54, 1.807) is 12.1 Å². The number of amides is 1. The Kier molecular flexibility index (Phi) is 4.70. The molecule has 3 aromatic rings. The number of carbonyl (C=O) groups excluding carboxylic acids is 1. The van der Waals surface area contributed by atoms with Crippen LogP contribution in [0.25, 0.3) is 11.4 Å². The highest BCUT2D eigenvalue weighted by Gasteiger charge is 2.09. The van der Waals surface area contributed by atoms with Gasteiger partial charge in [0.25, 0.3) is 5.91 Å². The van der Waals surface area contributed by atoms with Crippen molar-refractivity contribution in [3.05, 3.63) is 71.1 Å². The van der Waals surface area contributed by atoms with Crippen LogP contribution in [0.15, 0.2) is 53.1 Å². The lowest BCUT2D eigenvalue weighted by atomic mass is 10.1. The molecule has 5 heteroatoms. The minimum atomic E-state index is -0.106. The molecule has 2 aromatic carbocycles. The van der Waals surface area contributed by atoms with E-state index < -0.39 is 0 Å². The van der Waals surface area contributed by atoms with Crippen LogP contribution < -0.4 is 5.32 Å². The average Bonchev–Trinajstić information content (AvgIpc) is 3.09. The van der Waals surface area contributed by atoms with Crippen LogP contribution in [0.2, 0.25) is 0 Å². The minimum Gasteiger partial charge on any atom is -0.348 e. The quantitative estimate of drug-likeness (QED) is 0.780. The number of hydrogen-bond acceptors (Lipinski definition) is 4. The fraction of sp³-hybridized carbons (Fsp3) is 0.211. The van der Waals surface area contributed by atoms with Crippen molar-refractivity contribution in [1.29, 1.82) is 0 Å². The van der Waals surface area contributed by atoms with Crippen molar-refractivity contribution in [2.45, 2.75) is 26.8 Å². The molecule has 1 N–H and O–H groups in total. The fourth-order valence-corrected chi connectivity index (χ4v) is 2.39. The molecule has 0 saturated heterocycles. The van der Waals surface area contributed by atoms with E-state index in [1.165, 1.54) is 5.56 Å². The van der Waals surface area contributed by atoms with E-state index >= 15 is 0 Å². The van der Waals surface area contributed by atoms with E-state index in [2.05, 4.69) is 21.5 Å².